The van der Waals surface area contributed by atoms with Crippen molar-refractivity contribution in [1.82, 2.24) is 0 Å². The first-order chi connectivity index (χ1) is 9.60. The molecule has 0 bridgehead atoms. The van der Waals surface area contributed by atoms with Crippen LogP contribution in [0.3, 0.4) is 0 Å². The SMILES string of the molecule is COCc1cccc(NCc2cc(C(=O)O)oc2C)c1. The average Bonchev–Trinajstić information content (AvgIpc) is 2.79. The largest absolute Gasteiger partial charge is 0.475 e. The predicted molar refractivity (Wildman–Crippen MR) is 74.9 cm³/mol. The van der Waals surface area contributed by atoms with Crippen LogP contribution in [0, 0.1) is 6.92 Å². The molecule has 0 aliphatic heterocycles. The molecule has 2 rings (SSSR count). The van der Waals surface area contributed by atoms with Crippen LogP contribution < -0.4 is 5.32 Å². The van der Waals surface area contributed by atoms with Gasteiger partial charge in [0.05, 0.1) is 6.61 Å². The summed E-state index contributed by atoms with van der Waals surface area (Å²) >= 11 is 0. The van der Waals surface area contributed by atoms with E-state index in [1.807, 2.05) is 24.3 Å². The van der Waals surface area contributed by atoms with Crippen molar-refractivity contribution < 1.29 is 19.1 Å². The van der Waals surface area contributed by atoms with E-state index in [9.17, 15) is 4.79 Å². The Balaban J connectivity index is 2.05. The topological polar surface area (TPSA) is 71.7 Å². The number of ether oxygens (including phenoxy) is 1. The van der Waals surface area contributed by atoms with E-state index in [4.69, 9.17) is 14.3 Å². The summed E-state index contributed by atoms with van der Waals surface area (Å²) in [4.78, 5) is 10.8. The van der Waals surface area contributed by atoms with Crippen molar-refractivity contribution in [3.05, 3.63) is 53.0 Å². The zero-order valence-electron chi connectivity index (χ0n) is 11.5. The molecule has 106 valence electrons. The predicted octanol–water partition coefficient (Wildman–Crippen LogP) is 3.04. The van der Waals surface area contributed by atoms with Gasteiger partial charge in [0.2, 0.25) is 5.76 Å². The van der Waals surface area contributed by atoms with Gasteiger partial charge in [-0.2, -0.15) is 0 Å². The van der Waals surface area contributed by atoms with Gasteiger partial charge in [-0.15, -0.1) is 0 Å². The maximum atomic E-state index is 10.8. The highest BCUT2D eigenvalue weighted by atomic mass is 16.5. The Morgan fingerprint density at radius 2 is 2.20 bits per heavy atom. The minimum atomic E-state index is -1.05. The molecule has 0 fully saturated rings. The number of carboxylic acid groups (broad SMARTS) is 1. The third-order valence-corrected chi connectivity index (χ3v) is 2.95. The van der Waals surface area contributed by atoms with Crippen molar-refractivity contribution in [2.75, 3.05) is 12.4 Å². The fourth-order valence-electron chi connectivity index (χ4n) is 1.94. The number of hydrogen-bond donors (Lipinski definition) is 2. The fourth-order valence-corrected chi connectivity index (χ4v) is 1.94. The first kappa shape index (κ1) is 14.1. The van der Waals surface area contributed by atoms with E-state index in [0.717, 1.165) is 16.8 Å². The number of methoxy groups -OCH3 is 1. The Morgan fingerprint density at radius 3 is 2.85 bits per heavy atom. The van der Waals surface area contributed by atoms with Crippen molar-refractivity contribution in [3.63, 3.8) is 0 Å². The van der Waals surface area contributed by atoms with Crippen molar-refractivity contribution >= 4 is 11.7 Å². The number of furan rings is 1. The molecule has 0 spiro atoms. The molecule has 0 atom stereocenters. The van der Waals surface area contributed by atoms with Gasteiger partial charge >= 0.3 is 5.97 Å². The van der Waals surface area contributed by atoms with Crippen molar-refractivity contribution in [2.45, 2.75) is 20.1 Å². The summed E-state index contributed by atoms with van der Waals surface area (Å²) in [5.74, 6) is -0.475. The van der Waals surface area contributed by atoms with E-state index in [1.54, 1.807) is 20.1 Å². The van der Waals surface area contributed by atoms with E-state index in [2.05, 4.69) is 5.32 Å². The second kappa shape index (κ2) is 6.25. The summed E-state index contributed by atoms with van der Waals surface area (Å²) in [5, 5.41) is 12.1. The average molecular weight is 275 g/mol. The van der Waals surface area contributed by atoms with Crippen LogP contribution in [0.15, 0.2) is 34.7 Å². The van der Waals surface area contributed by atoms with Crippen molar-refractivity contribution in [3.8, 4) is 0 Å². The number of carbonyl (C=O) groups is 1. The summed E-state index contributed by atoms with van der Waals surface area (Å²) in [7, 11) is 1.66. The third kappa shape index (κ3) is 3.39. The van der Waals surface area contributed by atoms with Crippen LogP contribution in [0.25, 0.3) is 0 Å². The summed E-state index contributed by atoms with van der Waals surface area (Å²) < 4.78 is 10.3. The molecule has 20 heavy (non-hydrogen) atoms. The molecular weight excluding hydrogens is 258 g/mol. The zero-order valence-corrected chi connectivity index (χ0v) is 11.5. The molecule has 1 aromatic heterocycles. The molecule has 5 nitrogen and oxygen atoms in total. The lowest BCUT2D eigenvalue weighted by Gasteiger charge is -2.07. The first-order valence-electron chi connectivity index (χ1n) is 6.24. The minimum Gasteiger partial charge on any atom is -0.475 e. The molecule has 5 heteroatoms. The van der Waals surface area contributed by atoms with Gasteiger partial charge in [-0.25, -0.2) is 4.79 Å². The highest BCUT2D eigenvalue weighted by Gasteiger charge is 2.12. The van der Waals surface area contributed by atoms with Crippen molar-refractivity contribution in [2.24, 2.45) is 0 Å². The second-order valence-corrected chi connectivity index (χ2v) is 4.48. The van der Waals surface area contributed by atoms with Gasteiger partial charge in [-0.3, -0.25) is 0 Å². The van der Waals surface area contributed by atoms with E-state index in [1.165, 1.54) is 0 Å². The van der Waals surface area contributed by atoms with E-state index >= 15 is 0 Å². The number of aryl methyl sites for hydroxylation is 1. The maximum absolute atomic E-state index is 10.8. The van der Waals surface area contributed by atoms with Crippen LogP contribution in [0.1, 0.15) is 27.4 Å². The Labute approximate surface area is 117 Å². The highest BCUT2D eigenvalue weighted by Crippen LogP contribution is 2.17. The molecule has 0 amide bonds. The van der Waals surface area contributed by atoms with E-state index < -0.39 is 5.97 Å². The maximum Gasteiger partial charge on any atom is 0.371 e. The Hall–Kier alpha value is -2.27. The van der Waals surface area contributed by atoms with Crippen LogP contribution in [-0.4, -0.2) is 18.2 Å². The quantitative estimate of drug-likeness (QED) is 0.847. The molecule has 0 radical (unpaired) electrons. The summed E-state index contributed by atoms with van der Waals surface area (Å²) in [6.45, 7) is 2.83. The number of benzene rings is 1. The van der Waals surface area contributed by atoms with Gasteiger partial charge in [0.1, 0.15) is 5.76 Å². The smallest absolute Gasteiger partial charge is 0.371 e. The molecule has 0 aliphatic carbocycles. The van der Waals surface area contributed by atoms with Crippen LogP contribution in [0.2, 0.25) is 0 Å². The lowest BCUT2D eigenvalue weighted by molar-refractivity contribution is 0.0661. The van der Waals surface area contributed by atoms with Crippen LogP contribution in [0.5, 0.6) is 0 Å². The molecule has 0 saturated carbocycles. The Bertz CT molecular complexity index is 604. The Morgan fingerprint density at radius 1 is 1.40 bits per heavy atom. The normalized spacial score (nSPS) is 10.5. The molecule has 2 aromatic rings. The number of aromatic carboxylic acids is 1. The highest BCUT2D eigenvalue weighted by molar-refractivity contribution is 5.84. The minimum absolute atomic E-state index is 0.0348. The number of anilines is 1. The van der Waals surface area contributed by atoms with Crippen molar-refractivity contribution in [1.29, 1.82) is 0 Å². The molecule has 0 saturated heterocycles. The van der Waals surface area contributed by atoms with Crippen LogP contribution >= 0.6 is 0 Å². The molecule has 0 unspecified atom stereocenters. The number of rotatable bonds is 6. The molecule has 1 aromatic carbocycles. The van der Waals surface area contributed by atoms with E-state index in [-0.39, 0.29) is 5.76 Å². The van der Waals surface area contributed by atoms with Gasteiger partial charge in [0.25, 0.3) is 0 Å². The molecular formula is C15H17NO4. The van der Waals surface area contributed by atoms with Gasteiger partial charge in [0.15, 0.2) is 0 Å². The van der Waals surface area contributed by atoms with Crippen LogP contribution in [-0.2, 0) is 17.9 Å². The zero-order chi connectivity index (χ0) is 14.5. The van der Waals surface area contributed by atoms with Crippen LogP contribution in [0.4, 0.5) is 5.69 Å². The van der Waals surface area contributed by atoms with Gasteiger partial charge in [-0.05, 0) is 30.7 Å². The second-order valence-electron chi connectivity index (χ2n) is 4.48. The third-order valence-electron chi connectivity index (χ3n) is 2.95. The number of hydrogen-bond acceptors (Lipinski definition) is 4. The summed E-state index contributed by atoms with van der Waals surface area (Å²) in [6.07, 6.45) is 0. The molecule has 2 N–H and O–H groups in total. The summed E-state index contributed by atoms with van der Waals surface area (Å²) in [5.41, 5.74) is 2.87. The number of carboxylic acids is 1. The van der Waals surface area contributed by atoms with Gasteiger partial charge in [-0.1, -0.05) is 12.1 Å². The fraction of sp³-hybridized carbons (Fsp3) is 0.267. The lowest BCUT2D eigenvalue weighted by atomic mass is 10.2. The van der Waals surface area contributed by atoms with Gasteiger partial charge < -0.3 is 19.6 Å². The Kier molecular flexibility index (Phi) is 4.42. The molecule has 0 aliphatic rings. The lowest BCUT2D eigenvalue weighted by Crippen LogP contribution is -2.00. The first-order valence-corrected chi connectivity index (χ1v) is 6.24. The number of nitrogens with one attached hydrogen (secondary N) is 1. The monoisotopic (exact) mass is 275 g/mol. The van der Waals surface area contributed by atoms with Gasteiger partial charge in [0, 0.05) is 24.9 Å². The standard InChI is InChI=1S/C15H17NO4/c1-10-12(7-14(20-10)15(17)18)8-16-13-5-3-4-11(6-13)9-19-2/h3-7,16H,8-9H2,1-2H3,(H,17,18). The van der Waals surface area contributed by atoms with E-state index in [0.29, 0.717) is 18.9 Å². The molecule has 1 heterocycles. The summed E-state index contributed by atoms with van der Waals surface area (Å²) in [6, 6.07) is 9.43.